The first-order chi connectivity index (χ1) is 18.5. The quantitative estimate of drug-likeness (QED) is 0.163. The molecule has 0 amide bonds. The van der Waals surface area contributed by atoms with Crippen LogP contribution in [0.1, 0.15) is 19.4 Å². The standard InChI is InChI=1S/C26H33N9O4/c1-26(2,36)23-16-9-10-27-17(16)7-8-18(23)30-24-28-15-29-25(32-24)31-19-13-21(35(37)38)20(14-22(19)39-6)34(5)12-11-33(3)4/h7-10,13-15,27,36H,11-12H2,1-6H3,(H2,28,29,30,31,32). The number of H-pyrrole nitrogens is 1. The first kappa shape index (κ1) is 27.5. The molecule has 0 atom stereocenters. The number of aliphatic hydroxyl groups is 1. The molecule has 0 aliphatic carbocycles. The van der Waals surface area contributed by atoms with Crippen LogP contribution in [0, 0.1) is 10.1 Å². The van der Waals surface area contributed by atoms with E-state index in [0.717, 1.165) is 17.4 Å². The molecule has 0 saturated heterocycles. The molecule has 0 aliphatic heterocycles. The van der Waals surface area contributed by atoms with Crippen LogP contribution < -0.4 is 20.3 Å². The second-order valence-electron chi connectivity index (χ2n) is 9.89. The molecule has 0 aliphatic rings. The average molecular weight is 536 g/mol. The number of aromatic nitrogens is 4. The van der Waals surface area contributed by atoms with Gasteiger partial charge in [-0.3, -0.25) is 10.1 Å². The summed E-state index contributed by atoms with van der Waals surface area (Å²) in [6.45, 7) is 4.73. The van der Waals surface area contributed by atoms with Gasteiger partial charge in [0.05, 0.1) is 23.3 Å². The highest BCUT2D eigenvalue weighted by atomic mass is 16.6. The number of nitro groups is 1. The Morgan fingerprint density at radius 2 is 1.77 bits per heavy atom. The van der Waals surface area contributed by atoms with Crippen LogP contribution in [0.2, 0.25) is 0 Å². The van der Waals surface area contributed by atoms with Gasteiger partial charge in [0.2, 0.25) is 11.9 Å². The third-order valence-corrected chi connectivity index (χ3v) is 6.20. The molecule has 0 radical (unpaired) electrons. The lowest BCUT2D eigenvalue weighted by molar-refractivity contribution is -0.384. The normalized spacial score (nSPS) is 11.6. The summed E-state index contributed by atoms with van der Waals surface area (Å²) in [5.74, 6) is 0.771. The maximum absolute atomic E-state index is 11.9. The average Bonchev–Trinajstić information content (AvgIpc) is 3.35. The molecule has 0 fully saturated rings. The summed E-state index contributed by atoms with van der Waals surface area (Å²) in [6, 6.07) is 8.66. The van der Waals surface area contributed by atoms with Crippen LogP contribution in [-0.2, 0) is 5.60 Å². The predicted molar refractivity (Wildman–Crippen MR) is 151 cm³/mol. The Labute approximate surface area is 226 Å². The van der Waals surface area contributed by atoms with Gasteiger partial charge in [0.15, 0.2) is 0 Å². The van der Waals surface area contributed by atoms with E-state index in [1.165, 1.54) is 19.5 Å². The van der Waals surface area contributed by atoms with E-state index in [-0.39, 0.29) is 17.6 Å². The lowest BCUT2D eigenvalue weighted by atomic mass is 9.93. The number of aromatic amines is 1. The smallest absolute Gasteiger partial charge is 0.294 e. The largest absolute Gasteiger partial charge is 0.494 e. The van der Waals surface area contributed by atoms with Gasteiger partial charge in [0.25, 0.3) is 5.69 Å². The molecule has 0 saturated carbocycles. The highest BCUT2D eigenvalue weighted by Gasteiger charge is 2.25. The predicted octanol–water partition coefficient (Wildman–Crippen LogP) is 3.98. The van der Waals surface area contributed by atoms with Crippen LogP contribution in [-0.4, -0.2) is 76.2 Å². The van der Waals surface area contributed by atoms with Crippen molar-refractivity contribution in [2.75, 3.05) is 56.9 Å². The zero-order valence-electron chi connectivity index (χ0n) is 22.8. The zero-order chi connectivity index (χ0) is 28.3. The third-order valence-electron chi connectivity index (χ3n) is 6.20. The molecule has 4 aromatic rings. The van der Waals surface area contributed by atoms with Crippen molar-refractivity contribution >= 4 is 45.5 Å². The molecule has 13 nitrogen and oxygen atoms in total. The topological polar surface area (TPSA) is 158 Å². The van der Waals surface area contributed by atoms with Gasteiger partial charge in [0.1, 0.15) is 17.8 Å². The van der Waals surface area contributed by atoms with Crippen molar-refractivity contribution in [2.24, 2.45) is 0 Å². The number of rotatable bonds is 11. The van der Waals surface area contributed by atoms with Gasteiger partial charge in [0, 0.05) is 60.6 Å². The van der Waals surface area contributed by atoms with Crippen LogP contribution in [0.25, 0.3) is 10.9 Å². The van der Waals surface area contributed by atoms with Crippen LogP contribution in [0.15, 0.2) is 42.9 Å². The van der Waals surface area contributed by atoms with Gasteiger partial charge < -0.3 is 35.3 Å². The van der Waals surface area contributed by atoms with E-state index >= 15 is 0 Å². The first-order valence-electron chi connectivity index (χ1n) is 12.3. The molecule has 0 bridgehead atoms. The van der Waals surface area contributed by atoms with Crippen molar-refractivity contribution in [2.45, 2.75) is 19.4 Å². The zero-order valence-corrected chi connectivity index (χ0v) is 22.8. The Morgan fingerprint density at radius 1 is 1.08 bits per heavy atom. The van der Waals surface area contributed by atoms with E-state index in [9.17, 15) is 15.2 Å². The van der Waals surface area contributed by atoms with E-state index in [1.807, 2.05) is 48.3 Å². The molecule has 2 heterocycles. The molecule has 206 valence electrons. The Bertz CT molecular complexity index is 1480. The second kappa shape index (κ2) is 11.1. The Hall–Kier alpha value is -4.49. The highest BCUT2D eigenvalue weighted by molar-refractivity contribution is 5.89. The van der Waals surface area contributed by atoms with Crippen molar-refractivity contribution in [1.82, 2.24) is 24.8 Å². The molecular formula is C26H33N9O4. The number of fused-ring (bicyclic) bond motifs is 1. The van der Waals surface area contributed by atoms with Crippen molar-refractivity contribution in [3.8, 4) is 5.75 Å². The number of likely N-dealkylation sites (N-methyl/N-ethyl adjacent to an activating group) is 2. The van der Waals surface area contributed by atoms with Crippen LogP contribution in [0.4, 0.5) is 34.6 Å². The number of methoxy groups -OCH3 is 1. The summed E-state index contributed by atoms with van der Waals surface area (Å²) in [6.07, 6.45) is 3.13. The minimum atomic E-state index is -1.15. The number of nitro benzene ring substituents is 1. The van der Waals surface area contributed by atoms with Gasteiger partial charge in [-0.25, -0.2) is 9.97 Å². The SMILES string of the molecule is COc1cc(N(C)CCN(C)C)c([N+](=O)[O-])cc1Nc1ncnc(Nc2ccc3[nH]ccc3c2C(C)(C)O)n1. The number of ether oxygens (including phenoxy) is 1. The Morgan fingerprint density at radius 3 is 2.38 bits per heavy atom. The molecule has 39 heavy (non-hydrogen) atoms. The molecule has 2 aromatic carbocycles. The Balaban J connectivity index is 1.65. The molecule has 2 aromatic heterocycles. The number of anilines is 5. The highest BCUT2D eigenvalue weighted by Crippen LogP contribution is 2.39. The lowest BCUT2D eigenvalue weighted by Gasteiger charge is -2.23. The van der Waals surface area contributed by atoms with Crippen molar-refractivity contribution in [3.05, 3.63) is 58.5 Å². The monoisotopic (exact) mass is 535 g/mol. The van der Waals surface area contributed by atoms with Crippen molar-refractivity contribution in [1.29, 1.82) is 0 Å². The molecular weight excluding hydrogens is 502 g/mol. The summed E-state index contributed by atoms with van der Waals surface area (Å²) in [5.41, 5.74) is 1.74. The van der Waals surface area contributed by atoms with E-state index in [2.05, 4.69) is 30.6 Å². The number of nitrogens with zero attached hydrogens (tertiary/aromatic N) is 6. The van der Waals surface area contributed by atoms with Crippen molar-refractivity contribution < 1.29 is 14.8 Å². The molecule has 4 rings (SSSR count). The summed E-state index contributed by atoms with van der Waals surface area (Å²) < 4.78 is 5.54. The van der Waals surface area contributed by atoms with Gasteiger partial charge in [-0.05, 0) is 46.1 Å². The van der Waals surface area contributed by atoms with Gasteiger partial charge in [-0.15, -0.1) is 0 Å². The second-order valence-corrected chi connectivity index (χ2v) is 9.89. The number of benzene rings is 2. The maximum atomic E-state index is 11.9. The van der Waals surface area contributed by atoms with E-state index < -0.39 is 10.5 Å². The number of nitrogens with one attached hydrogen (secondary N) is 3. The van der Waals surface area contributed by atoms with Crippen molar-refractivity contribution in [3.63, 3.8) is 0 Å². The van der Waals surface area contributed by atoms with E-state index in [4.69, 9.17) is 4.74 Å². The van der Waals surface area contributed by atoms with Gasteiger partial charge in [-0.2, -0.15) is 4.98 Å². The fourth-order valence-corrected chi connectivity index (χ4v) is 4.30. The fourth-order valence-electron chi connectivity index (χ4n) is 4.30. The molecule has 0 spiro atoms. The number of hydrogen-bond donors (Lipinski definition) is 4. The van der Waals surface area contributed by atoms with Gasteiger partial charge >= 0.3 is 0 Å². The minimum Gasteiger partial charge on any atom is -0.494 e. The minimum absolute atomic E-state index is 0.0819. The Kier molecular flexibility index (Phi) is 7.83. The van der Waals surface area contributed by atoms with Crippen LogP contribution >= 0.6 is 0 Å². The first-order valence-corrected chi connectivity index (χ1v) is 12.3. The van der Waals surface area contributed by atoms with E-state index in [0.29, 0.717) is 34.9 Å². The van der Waals surface area contributed by atoms with Crippen LogP contribution in [0.5, 0.6) is 5.75 Å². The summed E-state index contributed by atoms with van der Waals surface area (Å²) in [7, 11) is 7.18. The van der Waals surface area contributed by atoms with Crippen LogP contribution in [0.3, 0.4) is 0 Å². The molecule has 0 unspecified atom stereocenters. The van der Waals surface area contributed by atoms with Gasteiger partial charge in [-0.1, -0.05) is 0 Å². The third kappa shape index (κ3) is 6.16. The summed E-state index contributed by atoms with van der Waals surface area (Å²) in [4.78, 5) is 31.3. The summed E-state index contributed by atoms with van der Waals surface area (Å²) >= 11 is 0. The lowest BCUT2D eigenvalue weighted by Crippen LogP contribution is -2.29. The molecule has 13 heteroatoms. The molecule has 4 N–H and O–H groups in total. The summed E-state index contributed by atoms with van der Waals surface area (Å²) in [5, 5.41) is 29.9. The van der Waals surface area contributed by atoms with E-state index in [1.54, 1.807) is 27.0 Å². The maximum Gasteiger partial charge on any atom is 0.294 e. The fraction of sp³-hybridized carbons (Fsp3) is 0.346. The number of hydrogen-bond acceptors (Lipinski definition) is 11.